The molecule has 1 heteroatoms. The van der Waals surface area contributed by atoms with Crippen LogP contribution in [-0.2, 0) is 6.42 Å². The SMILES string of the molecule is O=C(c1ccccc1)c1ccc(CC2CCCCC2)cc1. The highest BCUT2D eigenvalue weighted by Gasteiger charge is 2.14. The molecule has 2 aromatic carbocycles. The fourth-order valence-corrected chi connectivity index (χ4v) is 3.27. The molecule has 0 aliphatic heterocycles. The number of hydrogen-bond donors (Lipinski definition) is 0. The van der Waals surface area contributed by atoms with Gasteiger partial charge in [-0.15, -0.1) is 0 Å². The second kappa shape index (κ2) is 6.71. The largest absolute Gasteiger partial charge is 0.289 e. The van der Waals surface area contributed by atoms with E-state index in [2.05, 4.69) is 12.1 Å². The van der Waals surface area contributed by atoms with Gasteiger partial charge >= 0.3 is 0 Å². The molecule has 0 atom stereocenters. The van der Waals surface area contributed by atoms with E-state index in [1.165, 1.54) is 44.1 Å². The highest BCUT2D eigenvalue weighted by atomic mass is 16.1. The molecule has 0 spiro atoms. The molecule has 0 amide bonds. The van der Waals surface area contributed by atoms with Crippen LogP contribution < -0.4 is 0 Å². The topological polar surface area (TPSA) is 17.1 Å². The molecule has 0 radical (unpaired) electrons. The molecule has 0 N–H and O–H groups in total. The van der Waals surface area contributed by atoms with E-state index in [0.29, 0.717) is 0 Å². The quantitative estimate of drug-likeness (QED) is 0.716. The molecule has 1 aliphatic carbocycles. The highest BCUT2D eigenvalue weighted by Crippen LogP contribution is 2.27. The number of rotatable bonds is 4. The summed E-state index contributed by atoms with van der Waals surface area (Å²) in [5.74, 6) is 0.953. The van der Waals surface area contributed by atoms with Gasteiger partial charge in [0.05, 0.1) is 0 Å². The average molecular weight is 278 g/mol. The minimum Gasteiger partial charge on any atom is -0.289 e. The van der Waals surface area contributed by atoms with Gasteiger partial charge in [0.2, 0.25) is 0 Å². The van der Waals surface area contributed by atoms with Crippen LogP contribution in [-0.4, -0.2) is 5.78 Å². The maximum Gasteiger partial charge on any atom is 0.193 e. The molecule has 1 saturated carbocycles. The molecular formula is C20H22O. The Morgan fingerprint density at radius 3 is 2.10 bits per heavy atom. The van der Waals surface area contributed by atoms with E-state index >= 15 is 0 Å². The van der Waals surface area contributed by atoms with Gasteiger partial charge in [-0.1, -0.05) is 86.7 Å². The number of carbonyl (C=O) groups excluding carboxylic acids is 1. The van der Waals surface area contributed by atoms with Crippen molar-refractivity contribution in [2.45, 2.75) is 38.5 Å². The Morgan fingerprint density at radius 1 is 0.810 bits per heavy atom. The van der Waals surface area contributed by atoms with Crippen molar-refractivity contribution >= 4 is 5.78 Å². The summed E-state index contributed by atoms with van der Waals surface area (Å²) >= 11 is 0. The molecule has 1 aliphatic rings. The fraction of sp³-hybridized carbons (Fsp3) is 0.350. The van der Waals surface area contributed by atoms with E-state index in [0.717, 1.165) is 17.0 Å². The van der Waals surface area contributed by atoms with Crippen LogP contribution in [0.1, 0.15) is 53.6 Å². The lowest BCUT2D eigenvalue weighted by Crippen LogP contribution is -2.09. The van der Waals surface area contributed by atoms with E-state index in [-0.39, 0.29) is 5.78 Å². The molecule has 0 unspecified atom stereocenters. The van der Waals surface area contributed by atoms with E-state index in [1.54, 1.807) is 0 Å². The summed E-state index contributed by atoms with van der Waals surface area (Å²) in [4.78, 5) is 12.3. The lowest BCUT2D eigenvalue weighted by atomic mass is 9.84. The first-order valence-corrected chi connectivity index (χ1v) is 8.01. The minimum atomic E-state index is 0.111. The van der Waals surface area contributed by atoms with Gasteiger partial charge in [0, 0.05) is 11.1 Å². The van der Waals surface area contributed by atoms with Crippen molar-refractivity contribution in [3.63, 3.8) is 0 Å². The number of hydrogen-bond acceptors (Lipinski definition) is 1. The predicted molar refractivity (Wildman–Crippen MR) is 86.6 cm³/mol. The van der Waals surface area contributed by atoms with Gasteiger partial charge in [-0.3, -0.25) is 4.79 Å². The van der Waals surface area contributed by atoms with Crippen LogP contribution in [0.5, 0.6) is 0 Å². The standard InChI is InChI=1S/C20H22O/c21-20(18-9-5-2-6-10-18)19-13-11-17(12-14-19)15-16-7-3-1-4-8-16/h2,5-6,9-14,16H,1,3-4,7-8,15H2. The van der Waals surface area contributed by atoms with Gasteiger partial charge in [0.15, 0.2) is 5.78 Å². The first-order chi connectivity index (χ1) is 10.3. The van der Waals surface area contributed by atoms with Crippen molar-refractivity contribution in [1.29, 1.82) is 0 Å². The number of ketones is 1. The third-order valence-electron chi connectivity index (χ3n) is 4.50. The first-order valence-electron chi connectivity index (χ1n) is 8.01. The third kappa shape index (κ3) is 3.60. The van der Waals surface area contributed by atoms with Crippen LogP contribution in [0.4, 0.5) is 0 Å². The molecule has 0 saturated heterocycles. The van der Waals surface area contributed by atoms with Crippen LogP contribution in [0, 0.1) is 5.92 Å². The van der Waals surface area contributed by atoms with Gasteiger partial charge in [0.25, 0.3) is 0 Å². The molecule has 3 rings (SSSR count). The molecule has 0 bridgehead atoms. The molecule has 0 aromatic heterocycles. The van der Waals surface area contributed by atoms with Crippen molar-refractivity contribution in [2.24, 2.45) is 5.92 Å². The Labute approximate surface area is 127 Å². The molecule has 21 heavy (non-hydrogen) atoms. The van der Waals surface area contributed by atoms with Gasteiger partial charge in [-0.25, -0.2) is 0 Å². The zero-order chi connectivity index (χ0) is 14.5. The Balaban J connectivity index is 1.67. The minimum absolute atomic E-state index is 0.111. The van der Waals surface area contributed by atoms with Crippen LogP contribution in [0.3, 0.4) is 0 Å². The van der Waals surface area contributed by atoms with Gasteiger partial charge in [0.1, 0.15) is 0 Å². The Morgan fingerprint density at radius 2 is 1.43 bits per heavy atom. The van der Waals surface area contributed by atoms with Crippen LogP contribution in [0.25, 0.3) is 0 Å². The van der Waals surface area contributed by atoms with Crippen LogP contribution in [0.2, 0.25) is 0 Å². The van der Waals surface area contributed by atoms with Crippen molar-refractivity contribution in [3.05, 3.63) is 71.3 Å². The highest BCUT2D eigenvalue weighted by molar-refractivity contribution is 6.08. The Bertz CT molecular complexity index is 577. The summed E-state index contributed by atoms with van der Waals surface area (Å²) in [6, 6.07) is 17.7. The maximum atomic E-state index is 12.3. The second-order valence-electron chi connectivity index (χ2n) is 6.10. The van der Waals surface area contributed by atoms with Crippen LogP contribution in [0.15, 0.2) is 54.6 Å². The average Bonchev–Trinajstić information content (AvgIpc) is 2.57. The van der Waals surface area contributed by atoms with Crippen molar-refractivity contribution in [3.8, 4) is 0 Å². The Kier molecular flexibility index (Phi) is 4.49. The van der Waals surface area contributed by atoms with Gasteiger partial charge in [-0.05, 0) is 17.9 Å². The summed E-state index contributed by atoms with van der Waals surface area (Å²) in [6.07, 6.45) is 8.07. The summed E-state index contributed by atoms with van der Waals surface area (Å²) in [5.41, 5.74) is 2.91. The normalized spacial score (nSPS) is 15.8. The van der Waals surface area contributed by atoms with Crippen molar-refractivity contribution < 1.29 is 4.79 Å². The summed E-state index contributed by atoms with van der Waals surface area (Å²) < 4.78 is 0. The van der Waals surface area contributed by atoms with Gasteiger partial charge < -0.3 is 0 Å². The predicted octanol–water partition coefficient (Wildman–Crippen LogP) is 5.04. The smallest absolute Gasteiger partial charge is 0.193 e. The van der Waals surface area contributed by atoms with Crippen molar-refractivity contribution in [2.75, 3.05) is 0 Å². The molecular weight excluding hydrogens is 256 g/mol. The summed E-state index contributed by atoms with van der Waals surface area (Å²) in [7, 11) is 0. The molecule has 2 aromatic rings. The van der Waals surface area contributed by atoms with Crippen molar-refractivity contribution in [1.82, 2.24) is 0 Å². The lowest BCUT2D eigenvalue weighted by Gasteiger charge is -2.21. The van der Waals surface area contributed by atoms with E-state index in [1.807, 2.05) is 42.5 Å². The molecule has 1 nitrogen and oxygen atoms in total. The summed E-state index contributed by atoms with van der Waals surface area (Å²) in [5, 5.41) is 0. The monoisotopic (exact) mass is 278 g/mol. The van der Waals surface area contributed by atoms with E-state index in [9.17, 15) is 4.79 Å². The maximum absolute atomic E-state index is 12.3. The molecule has 108 valence electrons. The third-order valence-corrected chi connectivity index (χ3v) is 4.50. The summed E-state index contributed by atoms with van der Waals surface area (Å²) in [6.45, 7) is 0. The lowest BCUT2D eigenvalue weighted by molar-refractivity contribution is 0.103. The van der Waals surface area contributed by atoms with Gasteiger partial charge in [-0.2, -0.15) is 0 Å². The van der Waals surface area contributed by atoms with E-state index in [4.69, 9.17) is 0 Å². The van der Waals surface area contributed by atoms with E-state index < -0.39 is 0 Å². The molecule has 0 heterocycles. The number of benzene rings is 2. The number of carbonyl (C=O) groups is 1. The Hall–Kier alpha value is -1.89. The zero-order valence-corrected chi connectivity index (χ0v) is 12.4. The second-order valence-corrected chi connectivity index (χ2v) is 6.10. The fourth-order valence-electron chi connectivity index (χ4n) is 3.27. The first kappa shape index (κ1) is 14.1. The molecule has 1 fully saturated rings. The zero-order valence-electron chi connectivity index (χ0n) is 12.4. The van der Waals surface area contributed by atoms with Crippen LogP contribution >= 0.6 is 0 Å².